The van der Waals surface area contributed by atoms with E-state index in [1.807, 2.05) is 0 Å². The average molecular weight is 283 g/mol. The molecule has 0 radical (unpaired) electrons. The van der Waals surface area contributed by atoms with Gasteiger partial charge in [0.05, 0.1) is 0 Å². The van der Waals surface area contributed by atoms with Crippen LogP contribution < -0.4 is 0 Å². The molecule has 0 N–H and O–H groups in total. The molecule has 0 amide bonds. The zero-order valence-corrected chi connectivity index (χ0v) is 14.6. The summed E-state index contributed by atoms with van der Waals surface area (Å²) >= 11 is 0. The van der Waals surface area contributed by atoms with E-state index < -0.39 is 0 Å². The fraction of sp³-hybridized carbons (Fsp3) is 1.00. The van der Waals surface area contributed by atoms with Crippen molar-refractivity contribution >= 4 is 7.92 Å². The second-order valence-corrected chi connectivity index (χ2v) is 10.7. The Labute approximate surface area is 122 Å². The van der Waals surface area contributed by atoms with E-state index in [9.17, 15) is 0 Å². The van der Waals surface area contributed by atoms with Gasteiger partial charge < -0.3 is 4.90 Å². The normalized spacial score (nSPS) is 32.4. The Kier molecular flexibility index (Phi) is 5.73. The van der Waals surface area contributed by atoms with Crippen molar-refractivity contribution in [2.24, 2.45) is 5.92 Å². The highest BCUT2D eigenvalue weighted by Gasteiger charge is 2.41. The van der Waals surface area contributed by atoms with Crippen LogP contribution in [-0.4, -0.2) is 42.0 Å². The Hall–Kier alpha value is 0.390. The Morgan fingerprint density at radius 2 is 1.53 bits per heavy atom. The van der Waals surface area contributed by atoms with Gasteiger partial charge in [0.1, 0.15) is 0 Å². The number of rotatable bonds is 5. The molecular weight excluding hydrogens is 249 g/mol. The van der Waals surface area contributed by atoms with Crippen LogP contribution in [0.5, 0.6) is 0 Å². The fourth-order valence-corrected chi connectivity index (χ4v) is 9.00. The first-order chi connectivity index (χ1) is 9.02. The summed E-state index contributed by atoms with van der Waals surface area (Å²) in [7, 11) is 4.80. The van der Waals surface area contributed by atoms with Crippen LogP contribution in [0.2, 0.25) is 0 Å². The third-order valence-corrected chi connectivity index (χ3v) is 9.65. The maximum absolute atomic E-state index is 2.51. The summed E-state index contributed by atoms with van der Waals surface area (Å²) in [4.78, 5) is 2.46. The lowest BCUT2D eigenvalue weighted by atomic mass is 9.98. The molecule has 2 heteroatoms. The molecule has 2 aliphatic carbocycles. The SMILES string of the molecule is CC(C)P(C1CCCC1)C1CCCC1[C@@H](C)N(C)C. The third kappa shape index (κ3) is 3.53. The van der Waals surface area contributed by atoms with Crippen molar-refractivity contribution in [1.82, 2.24) is 4.90 Å². The molecule has 0 aromatic rings. The van der Waals surface area contributed by atoms with Crippen molar-refractivity contribution in [2.45, 2.75) is 88.7 Å². The lowest BCUT2D eigenvalue weighted by Crippen LogP contribution is -2.37. The van der Waals surface area contributed by atoms with Crippen molar-refractivity contribution in [3.05, 3.63) is 0 Å². The van der Waals surface area contributed by atoms with Gasteiger partial charge in [-0.2, -0.15) is 0 Å². The van der Waals surface area contributed by atoms with Gasteiger partial charge in [-0.1, -0.05) is 41.0 Å². The lowest BCUT2D eigenvalue weighted by Gasteiger charge is -2.40. The monoisotopic (exact) mass is 283 g/mol. The largest absolute Gasteiger partial charge is 0.306 e. The van der Waals surface area contributed by atoms with Crippen molar-refractivity contribution in [1.29, 1.82) is 0 Å². The minimum atomic E-state index is 0.255. The summed E-state index contributed by atoms with van der Waals surface area (Å²) in [6.07, 6.45) is 10.6. The summed E-state index contributed by atoms with van der Waals surface area (Å²) in [6.45, 7) is 7.49. The van der Waals surface area contributed by atoms with E-state index in [1.165, 1.54) is 32.1 Å². The minimum Gasteiger partial charge on any atom is -0.306 e. The van der Waals surface area contributed by atoms with Gasteiger partial charge in [-0.05, 0) is 69.6 Å². The zero-order chi connectivity index (χ0) is 14.0. The van der Waals surface area contributed by atoms with Gasteiger partial charge in [-0.15, -0.1) is 0 Å². The molecule has 2 aliphatic rings. The van der Waals surface area contributed by atoms with E-state index in [4.69, 9.17) is 0 Å². The smallest absolute Gasteiger partial charge is 0.00951 e. The van der Waals surface area contributed by atoms with Gasteiger partial charge >= 0.3 is 0 Å². The van der Waals surface area contributed by atoms with Crippen LogP contribution in [0.25, 0.3) is 0 Å². The van der Waals surface area contributed by atoms with Crippen molar-refractivity contribution < 1.29 is 0 Å². The van der Waals surface area contributed by atoms with E-state index in [0.717, 1.165) is 28.9 Å². The molecule has 1 nitrogen and oxygen atoms in total. The highest BCUT2D eigenvalue weighted by Crippen LogP contribution is 2.61. The predicted octanol–water partition coefficient (Wildman–Crippen LogP) is 4.94. The summed E-state index contributed by atoms with van der Waals surface area (Å²) in [5.41, 5.74) is 3.11. The van der Waals surface area contributed by atoms with E-state index in [-0.39, 0.29) is 7.92 Å². The molecule has 0 heterocycles. The van der Waals surface area contributed by atoms with Crippen molar-refractivity contribution in [3.8, 4) is 0 Å². The Morgan fingerprint density at radius 3 is 2.05 bits per heavy atom. The van der Waals surface area contributed by atoms with Crippen molar-refractivity contribution in [3.63, 3.8) is 0 Å². The van der Waals surface area contributed by atoms with Crippen molar-refractivity contribution in [2.75, 3.05) is 14.1 Å². The molecule has 0 aromatic carbocycles. The number of hydrogen-bond donors (Lipinski definition) is 0. The molecule has 0 saturated heterocycles. The molecule has 112 valence electrons. The summed E-state index contributed by atoms with van der Waals surface area (Å²) in [6, 6.07) is 0.776. The zero-order valence-electron chi connectivity index (χ0n) is 13.7. The average Bonchev–Trinajstić information content (AvgIpc) is 2.99. The molecule has 3 unspecified atom stereocenters. The minimum absolute atomic E-state index is 0.255. The van der Waals surface area contributed by atoms with E-state index in [0.29, 0.717) is 0 Å². The molecule has 0 spiro atoms. The van der Waals surface area contributed by atoms with Crippen LogP contribution in [0.15, 0.2) is 0 Å². The molecule has 2 rings (SSSR count). The fourth-order valence-electron chi connectivity index (χ4n) is 4.56. The van der Waals surface area contributed by atoms with E-state index >= 15 is 0 Å². The van der Waals surface area contributed by atoms with Crippen LogP contribution in [-0.2, 0) is 0 Å². The van der Waals surface area contributed by atoms with Crippen LogP contribution in [0.1, 0.15) is 65.7 Å². The van der Waals surface area contributed by atoms with Gasteiger partial charge in [0.25, 0.3) is 0 Å². The standard InChI is InChI=1S/C17H34NP/c1-13(2)19(15-9-6-7-10-15)17-12-8-11-16(17)14(3)18(4)5/h13-17H,6-12H2,1-5H3/t14-,16?,17?,19?/m1/s1. The van der Waals surface area contributed by atoms with Crippen LogP contribution in [0.4, 0.5) is 0 Å². The quantitative estimate of drug-likeness (QED) is 0.646. The van der Waals surface area contributed by atoms with Gasteiger partial charge in [-0.25, -0.2) is 0 Å². The number of hydrogen-bond acceptors (Lipinski definition) is 1. The first-order valence-electron chi connectivity index (χ1n) is 8.46. The summed E-state index contributed by atoms with van der Waals surface area (Å²) < 4.78 is 0. The Morgan fingerprint density at radius 1 is 0.895 bits per heavy atom. The Balaban J connectivity index is 2.11. The first-order valence-corrected chi connectivity index (χ1v) is 10.0. The van der Waals surface area contributed by atoms with Gasteiger partial charge in [0.2, 0.25) is 0 Å². The second kappa shape index (κ2) is 6.90. The maximum atomic E-state index is 2.51. The first kappa shape index (κ1) is 15.8. The van der Waals surface area contributed by atoms with Crippen LogP contribution in [0.3, 0.4) is 0 Å². The van der Waals surface area contributed by atoms with Gasteiger partial charge in [-0.3, -0.25) is 0 Å². The van der Waals surface area contributed by atoms with Gasteiger partial charge in [0, 0.05) is 6.04 Å². The molecule has 4 atom stereocenters. The van der Waals surface area contributed by atoms with Gasteiger partial charge in [0.15, 0.2) is 0 Å². The molecule has 0 aromatic heterocycles. The Bertz CT molecular complexity index is 270. The highest BCUT2D eigenvalue weighted by molar-refractivity contribution is 7.59. The lowest BCUT2D eigenvalue weighted by molar-refractivity contribution is 0.231. The highest BCUT2D eigenvalue weighted by atomic mass is 31.1. The molecule has 0 bridgehead atoms. The molecule has 19 heavy (non-hydrogen) atoms. The molecular formula is C17H34NP. The van der Waals surface area contributed by atoms with E-state index in [1.54, 1.807) is 12.8 Å². The summed E-state index contributed by atoms with van der Waals surface area (Å²) in [5, 5.41) is 0. The topological polar surface area (TPSA) is 3.24 Å². The maximum Gasteiger partial charge on any atom is 0.00951 e. The molecule has 2 fully saturated rings. The van der Waals surface area contributed by atoms with Crippen LogP contribution in [0, 0.1) is 5.92 Å². The third-order valence-electron chi connectivity index (χ3n) is 5.69. The summed E-state index contributed by atoms with van der Waals surface area (Å²) in [5.74, 6) is 0.976. The number of nitrogens with zero attached hydrogens (tertiary/aromatic N) is 1. The van der Waals surface area contributed by atoms with E-state index in [2.05, 4.69) is 39.8 Å². The van der Waals surface area contributed by atoms with Crippen LogP contribution >= 0.6 is 7.92 Å². The molecule has 0 aliphatic heterocycles. The predicted molar refractivity (Wildman–Crippen MR) is 88.6 cm³/mol. The second-order valence-electron chi connectivity index (χ2n) is 7.35. The molecule has 2 saturated carbocycles.